The second-order valence-corrected chi connectivity index (χ2v) is 5.44. The maximum atomic E-state index is 12.2. The number of nitrogens with zero attached hydrogens (tertiary/aromatic N) is 2. The summed E-state index contributed by atoms with van der Waals surface area (Å²) in [6.07, 6.45) is 3.31. The van der Waals surface area contributed by atoms with Gasteiger partial charge in [-0.1, -0.05) is 18.2 Å². The number of fused-ring (bicyclic) bond motifs is 1. The summed E-state index contributed by atoms with van der Waals surface area (Å²) in [5, 5.41) is 6.28. The van der Waals surface area contributed by atoms with Gasteiger partial charge in [0.15, 0.2) is 5.96 Å². The lowest BCUT2D eigenvalue weighted by Gasteiger charge is -2.13. The molecule has 0 spiro atoms. The highest BCUT2D eigenvalue weighted by Crippen LogP contribution is 2.22. The van der Waals surface area contributed by atoms with E-state index in [9.17, 15) is 9.59 Å². The molecule has 0 saturated carbocycles. The van der Waals surface area contributed by atoms with E-state index in [0.717, 1.165) is 25.3 Å². The number of aliphatic imine (C=N–C) groups is 1. The SMILES string of the molecule is C=CCNC(=NCCCCN1C(=O)c2ccccc2C1=O)NCC. The first kappa shape index (κ1) is 17.7. The smallest absolute Gasteiger partial charge is 0.261 e. The fourth-order valence-corrected chi connectivity index (χ4v) is 2.53. The van der Waals surface area contributed by atoms with E-state index in [2.05, 4.69) is 22.2 Å². The van der Waals surface area contributed by atoms with Crippen LogP contribution in [-0.4, -0.2) is 48.9 Å². The summed E-state index contributed by atoms with van der Waals surface area (Å²) in [6, 6.07) is 6.96. The van der Waals surface area contributed by atoms with Crippen LogP contribution in [0.1, 0.15) is 40.5 Å². The second kappa shape index (κ2) is 8.86. The fourth-order valence-electron chi connectivity index (χ4n) is 2.53. The van der Waals surface area contributed by atoms with Crippen LogP contribution in [0.2, 0.25) is 0 Å². The first-order chi connectivity index (χ1) is 11.7. The molecule has 6 heteroatoms. The lowest BCUT2D eigenvalue weighted by atomic mass is 10.1. The highest BCUT2D eigenvalue weighted by Gasteiger charge is 2.34. The Kier molecular flexibility index (Phi) is 6.54. The molecule has 0 fully saturated rings. The van der Waals surface area contributed by atoms with Crippen LogP contribution >= 0.6 is 0 Å². The van der Waals surface area contributed by atoms with Crippen molar-refractivity contribution in [3.05, 3.63) is 48.0 Å². The van der Waals surface area contributed by atoms with Crippen molar-refractivity contribution in [2.24, 2.45) is 4.99 Å². The minimum absolute atomic E-state index is 0.194. The molecular weight excluding hydrogens is 304 g/mol. The molecule has 0 atom stereocenters. The first-order valence-electron chi connectivity index (χ1n) is 8.27. The van der Waals surface area contributed by atoms with E-state index in [4.69, 9.17) is 0 Å². The monoisotopic (exact) mass is 328 g/mol. The van der Waals surface area contributed by atoms with Crippen molar-refractivity contribution in [2.45, 2.75) is 19.8 Å². The molecule has 0 aromatic heterocycles. The average molecular weight is 328 g/mol. The minimum atomic E-state index is -0.194. The number of hydrogen-bond donors (Lipinski definition) is 2. The van der Waals surface area contributed by atoms with Crippen LogP contribution in [0.25, 0.3) is 0 Å². The molecule has 1 aromatic rings. The standard InChI is InChI=1S/C18H24N4O2/c1-3-11-20-18(19-4-2)21-12-7-8-13-22-16(23)14-9-5-6-10-15(14)17(22)24/h3,5-6,9-10H,1,4,7-8,11-13H2,2H3,(H2,19,20,21). The van der Waals surface area contributed by atoms with E-state index in [1.165, 1.54) is 4.90 Å². The third-order valence-electron chi connectivity index (χ3n) is 3.70. The normalized spacial score (nSPS) is 13.9. The predicted octanol–water partition coefficient (Wildman–Crippen LogP) is 1.80. The van der Waals surface area contributed by atoms with Crippen LogP contribution in [0.15, 0.2) is 41.9 Å². The minimum Gasteiger partial charge on any atom is -0.357 e. The van der Waals surface area contributed by atoms with Crippen molar-refractivity contribution < 1.29 is 9.59 Å². The van der Waals surface area contributed by atoms with E-state index in [1.807, 2.05) is 6.92 Å². The number of carbonyl (C=O) groups is 2. The predicted molar refractivity (Wildman–Crippen MR) is 95.2 cm³/mol. The number of unbranched alkanes of at least 4 members (excludes halogenated alkanes) is 1. The van der Waals surface area contributed by atoms with Crippen molar-refractivity contribution in [3.8, 4) is 0 Å². The van der Waals surface area contributed by atoms with E-state index in [-0.39, 0.29) is 11.8 Å². The first-order valence-corrected chi connectivity index (χ1v) is 8.27. The molecule has 6 nitrogen and oxygen atoms in total. The molecule has 0 bridgehead atoms. The van der Waals surface area contributed by atoms with E-state index in [0.29, 0.717) is 30.8 Å². The summed E-state index contributed by atoms with van der Waals surface area (Å²) in [4.78, 5) is 30.2. The van der Waals surface area contributed by atoms with Crippen LogP contribution in [0.3, 0.4) is 0 Å². The lowest BCUT2D eigenvalue weighted by molar-refractivity contribution is 0.0652. The largest absolute Gasteiger partial charge is 0.357 e. The molecule has 0 unspecified atom stereocenters. The van der Waals surface area contributed by atoms with Gasteiger partial charge in [0.1, 0.15) is 0 Å². The highest BCUT2D eigenvalue weighted by molar-refractivity contribution is 6.21. The van der Waals surface area contributed by atoms with Crippen molar-refractivity contribution in [1.29, 1.82) is 0 Å². The number of benzene rings is 1. The van der Waals surface area contributed by atoms with E-state index < -0.39 is 0 Å². The van der Waals surface area contributed by atoms with Crippen LogP contribution in [-0.2, 0) is 0 Å². The van der Waals surface area contributed by atoms with Crippen molar-refractivity contribution in [2.75, 3.05) is 26.2 Å². The van der Waals surface area contributed by atoms with E-state index >= 15 is 0 Å². The molecule has 24 heavy (non-hydrogen) atoms. The maximum Gasteiger partial charge on any atom is 0.261 e. The molecule has 1 aliphatic rings. The van der Waals surface area contributed by atoms with Gasteiger partial charge in [-0.05, 0) is 31.9 Å². The summed E-state index contributed by atoms with van der Waals surface area (Å²) in [7, 11) is 0. The van der Waals surface area contributed by atoms with Crippen molar-refractivity contribution in [3.63, 3.8) is 0 Å². The van der Waals surface area contributed by atoms with Gasteiger partial charge in [0.25, 0.3) is 11.8 Å². The zero-order valence-corrected chi connectivity index (χ0v) is 14.0. The molecule has 2 N–H and O–H groups in total. The lowest BCUT2D eigenvalue weighted by Crippen LogP contribution is -2.37. The quantitative estimate of drug-likeness (QED) is 0.251. The number of carbonyl (C=O) groups excluding carboxylic acids is 2. The molecule has 128 valence electrons. The molecule has 1 aromatic carbocycles. The number of nitrogens with one attached hydrogen (secondary N) is 2. The van der Waals surface area contributed by atoms with Crippen LogP contribution in [0.5, 0.6) is 0 Å². The van der Waals surface area contributed by atoms with Gasteiger partial charge in [-0.3, -0.25) is 19.5 Å². The Morgan fingerprint density at radius 3 is 2.42 bits per heavy atom. The van der Waals surface area contributed by atoms with Crippen LogP contribution in [0, 0.1) is 0 Å². The van der Waals surface area contributed by atoms with Crippen LogP contribution < -0.4 is 10.6 Å². The molecule has 2 rings (SSSR count). The van der Waals surface area contributed by atoms with Crippen molar-refractivity contribution in [1.82, 2.24) is 15.5 Å². The second-order valence-electron chi connectivity index (χ2n) is 5.44. The van der Waals surface area contributed by atoms with Gasteiger partial charge in [0.05, 0.1) is 11.1 Å². The third-order valence-corrected chi connectivity index (χ3v) is 3.70. The van der Waals surface area contributed by atoms with Gasteiger partial charge < -0.3 is 10.6 Å². The molecular formula is C18H24N4O2. The Hall–Kier alpha value is -2.63. The highest BCUT2D eigenvalue weighted by atomic mass is 16.2. The zero-order chi connectivity index (χ0) is 17.4. The Labute approximate surface area is 142 Å². The van der Waals surface area contributed by atoms with Gasteiger partial charge >= 0.3 is 0 Å². The van der Waals surface area contributed by atoms with Gasteiger partial charge in [-0.25, -0.2) is 0 Å². The molecule has 0 aliphatic carbocycles. The molecule has 1 aliphatic heterocycles. The number of amides is 2. The van der Waals surface area contributed by atoms with Gasteiger partial charge in [0, 0.05) is 26.2 Å². The Morgan fingerprint density at radius 2 is 1.83 bits per heavy atom. The van der Waals surface area contributed by atoms with E-state index in [1.54, 1.807) is 30.3 Å². The Balaban J connectivity index is 1.79. The zero-order valence-electron chi connectivity index (χ0n) is 14.0. The average Bonchev–Trinajstić information content (AvgIpc) is 2.84. The number of guanidine groups is 1. The summed E-state index contributed by atoms with van der Waals surface area (Å²) in [5.74, 6) is 0.360. The van der Waals surface area contributed by atoms with Gasteiger partial charge in [0.2, 0.25) is 0 Å². The topological polar surface area (TPSA) is 73.8 Å². The summed E-state index contributed by atoms with van der Waals surface area (Å²) in [6.45, 7) is 8.18. The summed E-state index contributed by atoms with van der Waals surface area (Å²) in [5.41, 5.74) is 1.01. The third kappa shape index (κ3) is 4.22. The van der Waals surface area contributed by atoms with Crippen molar-refractivity contribution >= 4 is 17.8 Å². The Morgan fingerprint density at radius 1 is 1.17 bits per heavy atom. The molecule has 0 saturated heterocycles. The number of imide groups is 1. The molecule has 0 radical (unpaired) electrons. The van der Waals surface area contributed by atoms with Gasteiger partial charge in [-0.15, -0.1) is 6.58 Å². The summed E-state index contributed by atoms with van der Waals surface area (Å²) >= 11 is 0. The Bertz CT molecular complexity index is 605. The molecule has 2 amide bonds. The van der Waals surface area contributed by atoms with Gasteiger partial charge in [-0.2, -0.15) is 0 Å². The maximum absolute atomic E-state index is 12.2. The van der Waals surface area contributed by atoms with Crippen LogP contribution in [0.4, 0.5) is 0 Å². The molecule has 1 heterocycles. The fraction of sp³-hybridized carbons (Fsp3) is 0.389. The number of hydrogen-bond acceptors (Lipinski definition) is 3. The summed E-state index contributed by atoms with van der Waals surface area (Å²) < 4.78 is 0. The number of rotatable bonds is 8.